The van der Waals surface area contributed by atoms with Crippen LogP contribution in [0.2, 0.25) is 0 Å². The normalized spacial score (nSPS) is 19.0. The van der Waals surface area contributed by atoms with E-state index in [0.29, 0.717) is 5.56 Å². The van der Waals surface area contributed by atoms with Gasteiger partial charge in [0.25, 0.3) is 11.8 Å². The smallest absolute Gasteiger partial charge is 0.307 e. The van der Waals surface area contributed by atoms with Crippen LogP contribution in [0.5, 0.6) is 23.0 Å². The summed E-state index contributed by atoms with van der Waals surface area (Å²) in [7, 11) is -1.55. The van der Waals surface area contributed by atoms with Crippen LogP contribution >= 0.6 is 0 Å². The summed E-state index contributed by atoms with van der Waals surface area (Å²) in [6.07, 6.45) is -1.09. The largest absolute Gasteiger partial charge is 0.495 e. The highest BCUT2D eigenvalue weighted by atomic mass is 32.2. The fourth-order valence-electron chi connectivity index (χ4n) is 5.29. The van der Waals surface area contributed by atoms with Crippen molar-refractivity contribution in [3.8, 4) is 23.0 Å². The van der Waals surface area contributed by atoms with Gasteiger partial charge < -0.3 is 34.7 Å². The van der Waals surface area contributed by atoms with E-state index in [-0.39, 0.29) is 65.1 Å². The number of carbonyl (C=O) groups is 3. The molecular formula is C31H32FN3O10S. The van der Waals surface area contributed by atoms with Crippen LogP contribution in [0.3, 0.4) is 0 Å². The molecule has 2 heterocycles. The number of halogens is 1. The third-order valence-electron chi connectivity index (χ3n) is 7.52. The van der Waals surface area contributed by atoms with Crippen LogP contribution in [0, 0.1) is 5.82 Å². The molecule has 0 aromatic heterocycles. The summed E-state index contributed by atoms with van der Waals surface area (Å²) in [5, 5.41) is 14.7. The fraction of sp³-hybridized carbons (Fsp3) is 0.323. The average Bonchev–Trinajstić information content (AvgIpc) is 3.02. The summed E-state index contributed by atoms with van der Waals surface area (Å²) in [6.45, 7) is -0.699. The van der Waals surface area contributed by atoms with Gasteiger partial charge in [0, 0.05) is 37.7 Å². The molecule has 5 rings (SSSR count). The van der Waals surface area contributed by atoms with Gasteiger partial charge in [-0.3, -0.25) is 14.4 Å². The quantitative estimate of drug-likeness (QED) is 0.357. The minimum Gasteiger partial charge on any atom is -0.495 e. The van der Waals surface area contributed by atoms with Gasteiger partial charge in [0.05, 0.1) is 26.7 Å². The Balaban J connectivity index is 1.51. The summed E-state index contributed by atoms with van der Waals surface area (Å²) < 4.78 is 66.0. The Kier molecular flexibility index (Phi) is 9.63. The molecular weight excluding hydrogens is 625 g/mol. The Morgan fingerprint density at radius 2 is 1.83 bits per heavy atom. The third-order valence-corrected chi connectivity index (χ3v) is 9.41. The van der Waals surface area contributed by atoms with Crippen molar-refractivity contribution in [1.29, 1.82) is 0 Å². The zero-order chi connectivity index (χ0) is 33.0. The first-order chi connectivity index (χ1) is 22.0. The first-order valence-electron chi connectivity index (χ1n) is 14.2. The SMILES string of the molecule is COc1ccc2cc1OCC(=O)NCc1cc(F)cc(c1)O[C@@H]1CCN(S(=O)(=O)c3cc(CC(=O)O)ccc3OC)C[C@@H]1NC2=O. The predicted octanol–water partition coefficient (Wildman–Crippen LogP) is 2.12. The van der Waals surface area contributed by atoms with Gasteiger partial charge in [0.1, 0.15) is 28.3 Å². The number of benzene rings is 3. The van der Waals surface area contributed by atoms with Crippen LogP contribution in [0.4, 0.5) is 4.39 Å². The number of nitrogens with zero attached hydrogens (tertiary/aromatic N) is 1. The van der Waals surface area contributed by atoms with Crippen molar-refractivity contribution in [2.45, 2.75) is 36.4 Å². The molecule has 3 aromatic rings. The number of carboxylic acids is 1. The zero-order valence-electron chi connectivity index (χ0n) is 24.9. The first kappa shape index (κ1) is 32.5. The zero-order valence-corrected chi connectivity index (χ0v) is 25.8. The van der Waals surface area contributed by atoms with Crippen LogP contribution in [-0.4, -0.2) is 81.7 Å². The summed E-state index contributed by atoms with van der Waals surface area (Å²) in [5.41, 5.74) is 0.806. The molecule has 3 N–H and O–H groups in total. The van der Waals surface area contributed by atoms with Crippen LogP contribution in [0.1, 0.15) is 27.9 Å². The lowest BCUT2D eigenvalue weighted by atomic mass is 10.0. The second kappa shape index (κ2) is 13.6. The number of fused-ring (bicyclic) bond motifs is 5. The van der Waals surface area contributed by atoms with Crippen LogP contribution < -0.4 is 29.6 Å². The van der Waals surface area contributed by atoms with E-state index in [9.17, 15) is 32.3 Å². The van der Waals surface area contributed by atoms with Gasteiger partial charge in [-0.2, -0.15) is 4.31 Å². The van der Waals surface area contributed by atoms with Gasteiger partial charge in [0.2, 0.25) is 10.0 Å². The van der Waals surface area contributed by atoms with Crippen LogP contribution in [-0.2, 0) is 32.6 Å². The molecule has 3 aromatic carbocycles. The molecule has 2 atom stereocenters. The molecule has 0 unspecified atom stereocenters. The Bertz CT molecular complexity index is 1770. The predicted molar refractivity (Wildman–Crippen MR) is 160 cm³/mol. The van der Waals surface area contributed by atoms with Gasteiger partial charge in [-0.05, 0) is 53.6 Å². The van der Waals surface area contributed by atoms with Crippen LogP contribution in [0.15, 0.2) is 59.5 Å². The molecule has 15 heteroatoms. The topological polar surface area (TPSA) is 170 Å². The fourth-order valence-corrected chi connectivity index (χ4v) is 6.97. The molecule has 2 aliphatic rings. The molecule has 1 fully saturated rings. The third kappa shape index (κ3) is 7.32. The van der Waals surface area contributed by atoms with Crippen molar-refractivity contribution in [2.75, 3.05) is 33.9 Å². The van der Waals surface area contributed by atoms with Crippen molar-refractivity contribution in [2.24, 2.45) is 0 Å². The number of amides is 2. The maximum atomic E-state index is 14.6. The molecule has 1 saturated heterocycles. The van der Waals surface area contributed by atoms with E-state index in [1.807, 2.05) is 0 Å². The number of rotatable bonds is 6. The van der Waals surface area contributed by atoms with Gasteiger partial charge in [-0.25, -0.2) is 12.8 Å². The number of carboxylic acid groups (broad SMARTS) is 1. The number of carbonyl (C=O) groups excluding carboxylic acids is 2. The number of sulfonamides is 1. The Morgan fingerprint density at radius 1 is 1.07 bits per heavy atom. The standard InChI is InChI=1S/C31H32FN3O10S/c1-42-25-6-4-20-13-27(25)44-17-29(36)33-15-19-9-21(32)14-22(10-19)45-24-7-8-35(16-23(24)34-31(20)39)46(40,41)28-11-18(12-30(37)38)3-5-26(28)43-2/h3-6,9-11,13-14,23-24H,7-8,12,15-17H2,1-2H3,(H,33,36)(H,34,39)(H,37,38)/t23-,24+/m0/s1. The molecule has 0 spiro atoms. The number of nitrogens with one attached hydrogen (secondary N) is 2. The number of methoxy groups -OCH3 is 2. The monoisotopic (exact) mass is 657 g/mol. The lowest BCUT2D eigenvalue weighted by Gasteiger charge is -2.38. The average molecular weight is 658 g/mol. The first-order valence-corrected chi connectivity index (χ1v) is 15.6. The highest BCUT2D eigenvalue weighted by Gasteiger charge is 2.39. The van der Waals surface area contributed by atoms with E-state index in [0.717, 1.165) is 10.4 Å². The number of ether oxygens (including phenoxy) is 4. The highest BCUT2D eigenvalue weighted by Crippen LogP contribution is 2.32. The molecule has 0 aliphatic carbocycles. The summed E-state index contributed by atoms with van der Waals surface area (Å²) in [6, 6.07) is 11.5. The number of hydrogen-bond acceptors (Lipinski definition) is 9. The number of hydrogen-bond donors (Lipinski definition) is 3. The van der Waals surface area contributed by atoms with E-state index >= 15 is 0 Å². The minimum absolute atomic E-state index is 0.0207. The van der Waals surface area contributed by atoms with E-state index in [1.165, 1.54) is 56.7 Å². The molecule has 46 heavy (non-hydrogen) atoms. The van der Waals surface area contributed by atoms with E-state index < -0.39 is 58.8 Å². The maximum absolute atomic E-state index is 14.6. The Hall–Kier alpha value is -4.89. The number of piperidine rings is 1. The summed E-state index contributed by atoms with van der Waals surface area (Å²) in [4.78, 5) is 37.1. The molecule has 0 saturated carbocycles. The van der Waals surface area contributed by atoms with E-state index in [1.54, 1.807) is 6.07 Å². The second-order valence-electron chi connectivity index (χ2n) is 10.7. The Morgan fingerprint density at radius 3 is 2.57 bits per heavy atom. The van der Waals surface area contributed by atoms with Crippen molar-refractivity contribution in [3.05, 3.63) is 77.1 Å². The van der Waals surface area contributed by atoms with Crippen molar-refractivity contribution in [1.82, 2.24) is 14.9 Å². The Labute approximate surface area is 264 Å². The summed E-state index contributed by atoms with van der Waals surface area (Å²) >= 11 is 0. The van der Waals surface area contributed by atoms with Gasteiger partial charge >= 0.3 is 5.97 Å². The van der Waals surface area contributed by atoms with Gasteiger partial charge in [-0.15, -0.1) is 0 Å². The second-order valence-corrected chi connectivity index (χ2v) is 12.6. The maximum Gasteiger partial charge on any atom is 0.307 e. The highest BCUT2D eigenvalue weighted by molar-refractivity contribution is 7.89. The lowest BCUT2D eigenvalue weighted by molar-refractivity contribution is -0.136. The van der Waals surface area contributed by atoms with Crippen molar-refractivity contribution >= 4 is 27.8 Å². The molecule has 0 radical (unpaired) electrons. The van der Waals surface area contributed by atoms with E-state index in [4.69, 9.17) is 18.9 Å². The minimum atomic E-state index is -4.26. The lowest BCUT2D eigenvalue weighted by Crippen LogP contribution is -2.58. The molecule has 4 bridgehead atoms. The summed E-state index contributed by atoms with van der Waals surface area (Å²) in [5.74, 6) is -2.28. The molecule has 2 aliphatic heterocycles. The van der Waals surface area contributed by atoms with Crippen LogP contribution in [0.25, 0.3) is 0 Å². The molecule has 13 nitrogen and oxygen atoms in total. The molecule has 2 amide bonds. The van der Waals surface area contributed by atoms with Crippen molar-refractivity contribution < 1.29 is 51.2 Å². The van der Waals surface area contributed by atoms with Gasteiger partial charge in [-0.1, -0.05) is 6.07 Å². The van der Waals surface area contributed by atoms with Gasteiger partial charge in [0.15, 0.2) is 18.1 Å². The van der Waals surface area contributed by atoms with Crippen molar-refractivity contribution in [3.63, 3.8) is 0 Å². The molecule has 244 valence electrons. The van der Waals surface area contributed by atoms with E-state index in [2.05, 4.69) is 10.6 Å². The number of aliphatic carboxylic acids is 1.